The highest BCUT2D eigenvalue weighted by atomic mass is 79.9. The molecule has 0 radical (unpaired) electrons. The van der Waals surface area contributed by atoms with Crippen molar-refractivity contribution in [2.75, 3.05) is 13.1 Å². The van der Waals surface area contributed by atoms with Gasteiger partial charge in [0, 0.05) is 42.3 Å². The van der Waals surface area contributed by atoms with E-state index in [9.17, 15) is 0 Å². The Bertz CT molecular complexity index is 504. The molecule has 0 aromatic carbocycles. The number of pyridine rings is 1. The molecule has 0 fully saturated rings. The van der Waals surface area contributed by atoms with E-state index in [0.717, 1.165) is 36.1 Å². The summed E-state index contributed by atoms with van der Waals surface area (Å²) in [7, 11) is 0. The molecule has 1 aliphatic rings. The summed E-state index contributed by atoms with van der Waals surface area (Å²) in [6.07, 6.45) is 4.20. The molecule has 1 N–H and O–H groups in total. The van der Waals surface area contributed by atoms with Gasteiger partial charge in [-0.25, -0.2) is 4.98 Å². The first-order chi connectivity index (χ1) is 7.34. The quantitative estimate of drug-likeness (QED) is 0.787. The molecular weight excluding hydrogens is 254 g/mol. The summed E-state index contributed by atoms with van der Waals surface area (Å²) < 4.78 is 3.30. The molecule has 0 amide bonds. The second-order valence-corrected chi connectivity index (χ2v) is 4.75. The molecule has 2 aromatic rings. The lowest BCUT2D eigenvalue weighted by atomic mass is 10.2. The number of hydrogen-bond acceptors (Lipinski definition) is 2. The van der Waals surface area contributed by atoms with Gasteiger partial charge in [0.25, 0.3) is 0 Å². The van der Waals surface area contributed by atoms with E-state index in [1.165, 1.54) is 11.4 Å². The van der Waals surface area contributed by atoms with Crippen LogP contribution in [0.4, 0.5) is 0 Å². The lowest BCUT2D eigenvalue weighted by Gasteiger charge is -2.01. The minimum atomic E-state index is 1.04. The van der Waals surface area contributed by atoms with E-state index in [1.54, 1.807) is 0 Å². The van der Waals surface area contributed by atoms with Gasteiger partial charge in [0.1, 0.15) is 5.65 Å². The van der Waals surface area contributed by atoms with Gasteiger partial charge in [0.2, 0.25) is 0 Å². The van der Waals surface area contributed by atoms with Gasteiger partial charge in [-0.1, -0.05) is 0 Å². The van der Waals surface area contributed by atoms with E-state index in [0.29, 0.717) is 0 Å². The van der Waals surface area contributed by atoms with Gasteiger partial charge in [-0.15, -0.1) is 0 Å². The van der Waals surface area contributed by atoms with Crippen molar-refractivity contribution >= 4 is 21.6 Å². The third kappa shape index (κ3) is 1.58. The smallest absolute Gasteiger partial charge is 0.137 e. The van der Waals surface area contributed by atoms with Crippen molar-refractivity contribution in [3.05, 3.63) is 34.2 Å². The second-order valence-electron chi connectivity index (χ2n) is 3.83. The normalized spacial score (nSPS) is 16.3. The third-order valence-corrected chi connectivity index (χ3v) is 3.31. The summed E-state index contributed by atoms with van der Waals surface area (Å²) >= 11 is 3.50. The van der Waals surface area contributed by atoms with Crippen LogP contribution in [0.25, 0.3) is 5.65 Å². The molecule has 3 rings (SSSR count). The zero-order valence-electron chi connectivity index (χ0n) is 8.33. The number of halogens is 1. The van der Waals surface area contributed by atoms with E-state index in [4.69, 9.17) is 0 Å². The zero-order valence-corrected chi connectivity index (χ0v) is 9.92. The Balaban J connectivity index is 2.24. The first-order valence-corrected chi connectivity index (χ1v) is 6.00. The Morgan fingerprint density at radius 3 is 3.07 bits per heavy atom. The van der Waals surface area contributed by atoms with E-state index >= 15 is 0 Å². The number of nitrogens with zero attached hydrogens (tertiary/aromatic N) is 2. The third-order valence-electron chi connectivity index (χ3n) is 2.84. The maximum absolute atomic E-state index is 4.66. The summed E-state index contributed by atoms with van der Waals surface area (Å²) in [5, 5.41) is 3.39. The van der Waals surface area contributed by atoms with Crippen molar-refractivity contribution in [1.29, 1.82) is 0 Å². The van der Waals surface area contributed by atoms with Crippen LogP contribution in [0.2, 0.25) is 0 Å². The average Bonchev–Trinajstić information content (AvgIpc) is 2.44. The molecule has 0 spiro atoms. The maximum Gasteiger partial charge on any atom is 0.137 e. The molecule has 0 aliphatic carbocycles. The van der Waals surface area contributed by atoms with Crippen LogP contribution in [-0.4, -0.2) is 22.5 Å². The number of fused-ring (bicyclic) bond motifs is 3. The zero-order chi connectivity index (χ0) is 10.3. The fourth-order valence-electron chi connectivity index (χ4n) is 2.12. The van der Waals surface area contributed by atoms with Crippen molar-refractivity contribution in [2.45, 2.75) is 12.8 Å². The highest BCUT2D eigenvalue weighted by molar-refractivity contribution is 9.10. The van der Waals surface area contributed by atoms with Crippen LogP contribution >= 0.6 is 15.9 Å². The minimum Gasteiger partial charge on any atom is -0.316 e. The first kappa shape index (κ1) is 9.36. The average molecular weight is 266 g/mol. The van der Waals surface area contributed by atoms with Crippen molar-refractivity contribution in [2.24, 2.45) is 0 Å². The SMILES string of the molecule is Brc1ccc2nc3c(n2c1)CCNCC3. The Labute approximate surface area is 96.6 Å². The van der Waals surface area contributed by atoms with Gasteiger partial charge in [0.15, 0.2) is 0 Å². The van der Waals surface area contributed by atoms with Gasteiger partial charge < -0.3 is 9.72 Å². The van der Waals surface area contributed by atoms with E-state index < -0.39 is 0 Å². The molecule has 1 aliphatic heterocycles. The Kier molecular flexibility index (Phi) is 2.25. The lowest BCUT2D eigenvalue weighted by Crippen LogP contribution is -2.16. The highest BCUT2D eigenvalue weighted by Crippen LogP contribution is 2.18. The molecule has 0 atom stereocenters. The van der Waals surface area contributed by atoms with Crippen molar-refractivity contribution in [3.8, 4) is 0 Å². The lowest BCUT2D eigenvalue weighted by molar-refractivity contribution is 0.702. The number of aromatic nitrogens is 2. The summed E-state index contributed by atoms with van der Waals surface area (Å²) in [5.41, 5.74) is 3.67. The molecule has 3 heterocycles. The molecule has 0 unspecified atom stereocenters. The predicted molar refractivity (Wildman–Crippen MR) is 63.2 cm³/mol. The van der Waals surface area contributed by atoms with E-state index in [1.807, 2.05) is 6.07 Å². The Hall–Kier alpha value is -0.870. The van der Waals surface area contributed by atoms with Crippen LogP contribution in [0.15, 0.2) is 22.8 Å². The van der Waals surface area contributed by atoms with Crippen LogP contribution in [0, 0.1) is 0 Å². The van der Waals surface area contributed by atoms with Crippen molar-refractivity contribution < 1.29 is 0 Å². The fourth-order valence-corrected chi connectivity index (χ4v) is 2.46. The van der Waals surface area contributed by atoms with Crippen LogP contribution < -0.4 is 5.32 Å². The van der Waals surface area contributed by atoms with Crippen molar-refractivity contribution in [1.82, 2.24) is 14.7 Å². The molecule has 0 saturated heterocycles. The van der Waals surface area contributed by atoms with Crippen molar-refractivity contribution in [3.63, 3.8) is 0 Å². The summed E-state index contributed by atoms with van der Waals surface area (Å²) in [6, 6.07) is 4.10. The largest absolute Gasteiger partial charge is 0.316 e. The Morgan fingerprint density at radius 2 is 2.13 bits per heavy atom. The molecule has 0 saturated carbocycles. The summed E-state index contributed by atoms with van der Waals surface area (Å²) in [5.74, 6) is 0. The predicted octanol–water partition coefficient (Wildman–Crippen LogP) is 1.78. The number of nitrogens with one attached hydrogen (secondary N) is 1. The van der Waals surface area contributed by atoms with Gasteiger partial charge in [-0.3, -0.25) is 0 Å². The highest BCUT2D eigenvalue weighted by Gasteiger charge is 2.14. The molecule has 3 nitrogen and oxygen atoms in total. The number of rotatable bonds is 0. The molecular formula is C11H12BrN3. The van der Waals surface area contributed by atoms with Crippen LogP contribution in [0.1, 0.15) is 11.4 Å². The molecule has 78 valence electrons. The van der Waals surface area contributed by atoms with Gasteiger partial charge in [0.05, 0.1) is 5.69 Å². The number of hydrogen-bond donors (Lipinski definition) is 1. The first-order valence-electron chi connectivity index (χ1n) is 5.21. The molecule has 4 heteroatoms. The Morgan fingerprint density at radius 1 is 1.27 bits per heavy atom. The van der Waals surface area contributed by atoms with E-state index in [2.05, 4.69) is 42.9 Å². The summed E-state index contributed by atoms with van der Waals surface area (Å²) in [6.45, 7) is 2.09. The second kappa shape index (κ2) is 3.61. The number of imidazole rings is 1. The van der Waals surface area contributed by atoms with Crippen LogP contribution in [0.5, 0.6) is 0 Å². The topological polar surface area (TPSA) is 29.3 Å². The standard InChI is InChI=1S/C11H12BrN3/c12-8-1-2-11-14-9-3-5-13-6-4-10(9)15(11)7-8/h1-2,7,13H,3-6H2. The van der Waals surface area contributed by atoms with Crippen LogP contribution in [-0.2, 0) is 12.8 Å². The van der Waals surface area contributed by atoms with Crippen LogP contribution in [0.3, 0.4) is 0 Å². The van der Waals surface area contributed by atoms with Gasteiger partial charge >= 0.3 is 0 Å². The molecule has 0 bridgehead atoms. The van der Waals surface area contributed by atoms with Gasteiger partial charge in [-0.2, -0.15) is 0 Å². The minimum absolute atomic E-state index is 1.04. The summed E-state index contributed by atoms with van der Waals surface area (Å²) in [4.78, 5) is 4.66. The maximum atomic E-state index is 4.66. The van der Waals surface area contributed by atoms with Gasteiger partial charge in [-0.05, 0) is 28.1 Å². The monoisotopic (exact) mass is 265 g/mol. The van der Waals surface area contributed by atoms with E-state index in [-0.39, 0.29) is 0 Å². The fraction of sp³-hybridized carbons (Fsp3) is 0.364. The molecule has 2 aromatic heterocycles. The molecule has 15 heavy (non-hydrogen) atoms.